The molecule has 1 aliphatic carbocycles. The number of rotatable bonds is 2. The van der Waals surface area contributed by atoms with E-state index in [-0.39, 0.29) is 11.8 Å². The SMILES string of the molecule is O=C(NNC(=S)Nc1ccc(Cl)cc1)C1CCCC1. The van der Waals surface area contributed by atoms with Crippen LogP contribution in [0.2, 0.25) is 5.02 Å². The number of thiocarbonyl (C=S) groups is 1. The number of hydrogen-bond donors (Lipinski definition) is 3. The Bertz CT molecular complexity index is 457. The lowest BCUT2D eigenvalue weighted by atomic mass is 10.1. The van der Waals surface area contributed by atoms with Crippen molar-refractivity contribution in [1.82, 2.24) is 10.9 Å². The van der Waals surface area contributed by atoms with Crippen molar-refractivity contribution in [2.24, 2.45) is 5.92 Å². The van der Waals surface area contributed by atoms with Crippen molar-refractivity contribution < 1.29 is 4.79 Å². The topological polar surface area (TPSA) is 53.2 Å². The molecule has 0 bridgehead atoms. The van der Waals surface area contributed by atoms with E-state index in [0.717, 1.165) is 31.4 Å². The summed E-state index contributed by atoms with van der Waals surface area (Å²) in [7, 11) is 0. The molecule has 1 aromatic carbocycles. The first-order chi connectivity index (χ1) is 9.15. The molecule has 102 valence electrons. The van der Waals surface area contributed by atoms with Gasteiger partial charge in [0.15, 0.2) is 5.11 Å². The van der Waals surface area contributed by atoms with E-state index in [2.05, 4.69) is 16.2 Å². The van der Waals surface area contributed by atoms with E-state index < -0.39 is 0 Å². The summed E-state index contributed by atoms with van der Waals surface area (Å²) in [4.78, 5) is 11.8. The number of anilines is 1. The Labute approximate surface area is 122 Å². The van der Waals surface area contributed by atoms with E-state index in [4.69, 9.17) is 23.8 Å². The third kappa shape index (κ3) is 4.36. The van der Waals surface area contributed by atoms with E-state index in [9.17, 15) is 4.79 Å². The summed E-state index contributed by atoms with van der Waals surface area (Å²) in [6, 6.07) is 7.16. The maximum atomic E-state index is 11.8. The first-order valence-electron chi connectivity index (χ1n) is 6.27. The number of carbonyl (C=O) groups excluding carboxylic acids is 1. The fourth-order valence-corrected chi connectivity index (χ4v) is 2.40. The van der Waals surface area contributed by atoms with Gasteiger partial charge in [0.1, 0.15) is 0 Å². The van der Waals surface area contributed by atoms with Gasteiger partial charge in [-0.2, -0.15) is 0 Å². The molecule has 0 saturated heterocycles. The van der Waals surface area contributed by atoms with Gasteiger partial charge >= 0.3 is 0 Å². The number of nitrogens with one attached hydrogen (secondary N) is 3. The molecule has 1 aliphatic rings. The average molecular weight is 298 g/mol. The first-order valence-corrected chi connectivity index (χ1v) is 7.06. The lowest BCUT2D eigenvalue weighted by molar-refractivity contribution is -0.125. The average Bonchev–Trinajstić information content (AvgIpc) is 2.93. The molecule has 2 rings (SSSR count). The van der Waals surface area contributed by atoms with Crippen molar-refractivity contribution >= 4 is 40.5 Å². The molecule has 0 atom stereocenters. The second-order valence-electron chi connectivity index (χ2n) is 4.56. The number of amides is 1. The number of carbonyl (C=O) groups is 1. The molecular weight excluding hydrogens is 282 g/mol. The normalized spacial score (nSPS) is 15.0. The Morgan fingerprint density at radius 3 is 2.42 bits per heavy atom. The Kier molecular flexibility index (Phi) is 4.99. The van der Waals surface area contributed by atoms with Crippen LogP contribution in [0, 0.1) is 5.92 Å². The number of hydrogen-bond acceptors (Lipinski definition) is 2. The van der Waals surface area contributed by atoms with E-state index >= 15 is 0 Å². The molecule has 1 saturated carbocycles. The number of halogens is 1. The van der Waals surface area contributed by atoms with Gasteiger partial charge in [-0.3, -0.25) is 15.6 Å². The highest BCUT2D eigenvalue weighted by Crippen LogP contribution is 2.24. The molecule has 0 heterocycles. The quantitative estimate of drug-likeness (QED) is 0.580. The molecule has 19 heavy (non-hydrogen) atoms. The molecule has 0 aliphatic heterocycles. The van der Waals surface area contributed by atoms with Gasteiger partial charge in [0.25, 0.3) is 0 Å². The third-order valence-corrected chi connectivity index (χ3v) is 3.58. The fourth-order valence-electron chi connectivity index (χ4n) is 2.10. The summed E-state index contributed by atoms with van der Waals surface area (Å²) in [6.07, 6.45) is 4.19. The van der Waals surface area contributed by atoms with Gasteiger partial charge in [-0.15, -0.1) is 0 Å². The van der Waals surface area contributed by atoms with Crippen molar-refractivity contribution in [3.05, 3.63) is 29.3 Å². The number of benzene rings is 1. The van der Waals surface area contributed by atoms with Gasteiger partial charge in [0.2, 0.25) is 5.91 Å². The van der Waals surface area contributed by atoms with Crippen LogP contribution >= 0.6 is 23.8 Å². The van der Waals surface area contributed by atoms with Crippen LogP contribution < -0.4 is 16.2 Å². The molecule has 0 radical (unpaired) electrons. The van der Waals surface area contributed by atoms with E-state index in [1.807, 2.05) is 12.1 Å². The van der Waals surface area contributed by atoms with Crippen molar-refractivity contribution in [3.63, 3.8) is 0 Å². The molecule has 1 amide bonds. The van der Waals surface area contributed by atoms with Crippen LogP contribution in [0.5, 0.6) is 0 Å². The van der Waals surface area contributed by atoms with Crippen LogP contribution in [-0.2, 0) is 4.79 Å². The highest BCUT2D eigenvalue weighted by atomic mass is 35.5. The summed E-state index contributed by atoms with van der Waals surface area (Å²) < 4.78 is 0. The lowest BCUT2D eigenvalue weighted by Gasteiger charge is -2.14. The van der Waals surface area contributed by atoms with E-state index in [0.29, 0.717) is 10.1 Å². The Balaban J connectivity index is 1.75. The molecule has 0 spiro atoms. The summed E-state index contributed by atoms with van der Waals surface area (Å²) >= 11 is 10.9. The second kappa shape index (κ2) is 6.73. The largest absolute Gasteiger partial charge is 0.331 e. The molecule has 0 unspecified atom stereocenters. The summed E-state index contributed by atoms with van der Waals surface area (Å²) in [5, 5.41) is 3.98. The van der Waals surface area contributed by atoms with Crippen molar-refractivity contribution in [2.75, 3.05) is 5.32 Å². The predicted octanol–water partition coefficient (Wildman–Crippen LogP) is 2.85. The first kappa shape index (κ1) is 14.1. The smallest absolute Gasteiger partial charge is 0.241 e. The van der Waals surface area contributed by atoms with Gasteiger partial charge in [0.05, 0.1) is 0 Å². The maximum absolute atomic E-state index is 11.8. The van der Waals surface area contributed by atoms with Crippen LogP contribution in [0.15, 0.2) is 24.3 Å². The minimum Gasteiger partial charge on any atom is -0.331 e. The summed E-state index contributed by atoms with van der Waals surface area (Å²) in [6.45, 7) is 0. The summed E-state index contributed by atoms with van der Waals surface area (Å²) in [5.41, 5.74) is 6.16. The zero-order chi connectivity index (χ0) is 13.7. The van der Waals surface area contributed by atoms with Crippen LogP contribution in [0.1, 0.15) is 25.7 Å². The van der Waals surface area contributed by atoms with Crippen LogP contribution in [-0.4, -0.2) is 11.0 Å². The van der Waals surface area contributed by atoms with Gasteiger partial charge in [-0.1, -0.05) is 24.4 Å². The molecular formula is C13H16ClN3OS. The van der Waals surface area contributed by atoms with Gasteiger partial charge < -0.3 is 5.32 Å². The molecule has 1 fully saturated rings. The summed E-state index contributed by atoms with van der Waals surface area (Å²) in [5.74, 6) is 0.128. The zero-order valence-corrected chi connectivity index (χ0v) is 12.0. The van der Waals surface area contributed by atoms with Gasteiger partial charge in [-0.05, 0) is 49.3 Å². The van der Waals surface area contributed by atoms with E-state index in [1.165, 1.54) is 0 Å². The minimum atomic E-state index is 0.0118. The van der Waals surface area contributed by atoms with Crippen LogP contribution in [0.4, 0.5) is 5.69 Å². The second-order valence-corrected chi connectivity index (χ2v) is 5.40. The third-order valence-electron chi connectivity index (χ3n) is 3.13. The fraction of sp³-hybridized carbons (Fsp3) is 0.385. The predicted molar refractivity (Wildman–Crippen MR) is 80.9 cm³/mol. The highest BCUT2D eigenvalue weighted by Gasteiger charge is 2.22. The van der Waals surface area contributed by atoms with Crippen molar-refractivity contribution in [1.29, 1.82) is 0 Å². The molecule has 0 aromatic heterocycles. The minimum absolute atomic E-state index is 0.0118. The standard InChI is InChI=1S/C13H16ClN3OS/c14-10-5-7-11(8-6-10)15-13(19)17-16-12(18)9-3-1-2-4-9/h5-9H,1-4H2,(H,16,18)(H2,15,17,19). The van der Waals surface area contributed by atoms with Crippen LogP contribution in [0.25, 0.3) is 0 Å². The Morgan fingerprint density at radius 2 is 1.79 bits per heavy atom. The van der Waals surface area contributed by atoms with Crippen LogP contribution in [0.3, 0.4) is 0 Å². The number of hydrazine groups is 1. The van der Waals surface area contributed by atoms with Crippen molar-refractivity contribution in [3.8, 4) is 0 Å². The highest BCUT2D eigenvalue weighted by molar-refractivity contribution is 7.80. The molecule has 4 nitrogen and oxygen atoms in total. The Hall–Kier alpha value is -1.33. The monoisotopic (exact) mass is 297 g/mol. The van der Waals surface area contributed by atoms with E-state index in [1.54, 1.807) is 12.1 Å². The molecule has 6 heteroatoms. The van der Waals surface area contributed by atoms with Gasteiger partial charge in [-0.25, -0.2) is 0 Å². The lowest BCUT2D eigenvalue weighted by Crippen LogP contribution is -2.45. The Morgan fingerprint density at radius 1 is 1.16 bits per heavy atom. The zero-order valence-electron chi connectivity index (χ0n) is 10.4. The molecule has 1 aromatic rings. The maximum Gasteiger partial charge on any atom is 0.241 e. The van der Waals surface area contributed by atoms with Crippen molar-refractivity contribution in [2.45, 2.75) is 25.7 Å². The van der Waals surface area contributed by atoms with Gasteiger partial charge in [0, 0.05) is 16.6 Å². The molecule has 3 N–H and O–H groups in total.